The third kappa shape index (κ3) is 1.82. The van der Waals surface area contributed by atoms with Crippen LogP contribution < -0.4 is 10.1 Å². The molecule has 1 aromatic heterocycles. The zero-order chi connectivity index (χ0) is 6.85. The summed E-state index contributed by atoms with van der Waals surface area (Å²) in [6.07, 6.45) is 0. The van der Waals surface area contributed by atoms with E-state index in [2.05, 4.69) is 4.98 Å². The number of H-pyrrole nitrogens is 1. The van der Waals surface area contributed by atoms with E-state index >= 15 is 0 Å². The number of hydrogen-bond acceptors (Lipinski definition) is 1. The summed E-state index contributed by atoms with van der Waals surface area (Å²) in [6, 6.07) is 3.77. The molecule has 0 aliphatic rings. The molecule has 0 atom stereocenters. The summed E-state index contributed by atoms with van der Waals surface area (Å²) in [4.78, 5) is 13.5. The normalized spacial score (nSPS) is 9.44. The van der Waals surface area contributed by atoms with Gasteiger partial charge in [-0.3, -0.25) is 4.79 Å². The summed E-state index contributed by atoms with van der Waals surface area (Å²) < 4.78 is 1.80. The van der Waals surface area contributed by atoms with Gasteiger partial charge in [-0.2, -0.15) is 0 Å². The van der Waals surface area contributed by atoms with Crippen LogP contribution in [-0.2, 0) is 0 Å². The van der Waals surface area contributed by atoms with Crippen LogP contribution in [0.15, 0.2) is 16.9 Å². The second kappa shape index (κ2) is 2.86. The number of aromatic amines is 1. The minimum atomic E-state index is 0.0306. The largest absolute Gasteiger partial charge is 0.342 e. The number of rotatable bonds is 0. The predicted molar refractivity (Wildman–Crippen MR) is 48.0 cm³/mol. The predicted octanol–water partition coefficient (Wildman–Crippen LogP) is -0.762. The molecule has 1 N–H and O–H groups in total. The molecule has 0 saturated carbocycles. The lowest BCUT2D eigenvalue weighted by Crippen LogP contribution is -2.20. The maximum absolute atomic E-state index is 10.8. The van der Waals surface area contributed by atoms with Gasteiger partial charge in [0, 0.05) is 0 Å². The average molecular weight is 249 g/mol. The first kappa shape index (κ1) is 7.32. The fourth-order valence-electron chi connectivity index (χ4n) is 0.554. The molecule has 46 valence electrons. The molecular weight excluding hydrogens is 244 g/mol. The zero-order valence-electron chi connectivity index (χ0n) is 4.94. The highest BCUT2D eigenvalue weighted by Crippen LogP contribution is 1.90. The molecule has 1 rings (SSSR count). The zero-order valence-corrected chi connectivity index (χ0v) is 9.10. The molecule has 1 heterocycles. The van der Waals surface area contributed by atoms with E-state index in [0.29, 0.717) is 0 Å². The first-order valence-electron chi connectivity index (χ1n) is 2.55. The molecule has 1 aromatic rings. The van der Waals surface area contributed by atoms with Crippen molar-refractivity contribution in [2.45, 2.75) is 0 Å². The number of aromatic nitrogens is 1. The Morgan fingerprint density at radius 2 is 2.22 bits per heavy atom. The van der Waals surface area contributed by atoms with E-state index in [0.717, 1.165) is 24.4 Å². The van der Waals surface area contributed by atoms with Gasteiger partial charge < -0.3 is 4.98 Å². The Labute approximate surface area is 74.2 Å². The van der Waals surface area contributed by atoms with E-state index in [1.807, 2.05) is 34.7 Å². The molecule has 0 saturated heterocycles. The number of pyridine rings is 1. The second-order valence-corrected chi connectivity index (χ2v) is 4.06. The van der Waals surface area contributed by atoms with Gasteiger partial charge in [0.2, 0.25) is 0 Å². The van der Waals surface area contributed by atoms with Gasteiger partial charge in [0.25, 0.3) is 21.8 Å². The van der Waals surface area contributed by atoms with Crippen LogP contribution in [0.1, 0.15) is 0 Å². The van der Waals surface area contributed by atoms with Crippen LogP contribution >= 0.6 is 22.6 Å². The smallest absolute Gasteiger partial charge is 0.286 e. The highest BCUT2D eigenvalue weighted by molar-refractivity contribution is 14.1. The fourth-order valence-corrected chi connectivity index (χ4v) is 1.26. The summed E-state index contributed by atoms with van der Waals surface area (Å²) in [5.41, 5.74) is 0.0306. The molecule has 0 aliphatic heterocycles. The standard InChI is InChI=1S/C5H3INO.Al.2H/c6-4-2-1-3-7-5(4)8;;;/h1-2H,(H,7,8);;;. The van der Waals surface area contributed by atoms with Crippen molar-refractivity contribution in [3.05, 3.63) is 26.1 Å². The highest BCUT2D eigenvalue weighted by atomic mass is 127. The van der Waals surface area contributed by atoms with E-state index in [9.17, 15) is 4.79 Å². The van der Waals surface area contributed by atoms with Gasteiger partial charge in [-0.25, -0.2) is 0 Å². The lowest BCUT2D eigenvalue weighted by atomic mass is 10.5. The molecule has 0 aliphatic carbocycles. The monoisotopic (exact) mass is 249 g/mol. The topological polar surface area (TPSA) is 32.9 Å². The minimum absolute atomic E-state index is 0.0306. The third-order valence-electron chi connectivity index (χ3n) is 1.01. The van der Waals surface area contributed by atoms with Gasteiger partial charge in [0.1, 0.15) is 0 Å². The van der Waals surface area contributed by atoms with Crippen LogP contribution in [0.4, 0.5) is 0 Å². The van der Waals surface area contributed by atoms with Crippen molar-refractivity contribution >= 4 is 43.4 Å². The van der Waals surface area contributed by atoms with Crippen molar-refractivity contribution in [2.75, 3.05) is 0 Å². The minimum Gasteiger partial charge on any atom is -0.342 e. The van der Waals surface area contributed by atoms with Crippen molar-refractivity contribution in [2.24, 2.45) is 0 Å². The summed E-state index contributed by atoms with van der Waals surface area (Å²) in [5.74, 6) is 0. The first-order chi connectivity index (χ1) is 4.20. The summed E-state index contributed by atoms with van der Waals surface area (Å²) in [6.45, 7) is 0. The number of nitrogens with one attached hydrogen (secondary N) is 1. The van der Waals surface area contributed by atoms with Gasteiger partial charge >= 0.3 is 0 Å². The van der Waals surface area contributed by atoms with Crippen LogP contribution in [0.3, 0.4) is 0 Å². The molecule has 0 spiro atoms. The van der Waals surface area contributed by atoms with E-state index < -0.39 is 0 Å². The average Bonchev–Trinajstić information content (AvgIpc) is 1.80. The molecule has 9 heavy (non-hydrogen) atoms. The Morgan fingerprint density at radius 3 is 2.67 bits per heavy atom. The van der Waals surface area contributed by atoms with Crippen molar-refractivity contribution in [1.29, 1.82) is 0 Å². The van der Waals surface area contributed by atoms with Crippen LogP contribution in [0.25, 0.3) is 0 Å². The van der Waals surface area contributed by atoms with Gasteiger partial charge in [-0.1, -0.05) is 10.6 Å². The molecule has 0 amide bonds. The van der Waals surface area contributed by atoms with Gasteiger partial charge in [-0.05, 0) is 28.7 Å². The highest BCUT2D eigenvalue weighted by Gasteiger charge is 1.90. The van der Waals surface area contributed by atoms with Crippen molar-refractivity contribution < 1.29 is 0 Å². The molecule has 0 bridgehead atoms. The SMILES string of the molecule is O=c1[nH][c]([AlH2])ccc1I. The molecule has 0 unspecified atom stereocenters. The third-order valence-corrected chi connectivity index (χ3v) is 2.44. The molecule has 2 nitrogen and oxygen atoms in total. The van der Waals surface area contributed by atoms with E-state index in [-0.39, 0.29) is 5.56 Å². The molecule has 4 heteroatoms. The lowest BCUT2D eigenvalue weighted by molar-refractivity contribution is 1.26. The van der Waals surface area contributed by atoms with Crippen LogP contribution in [0.5, 0.6) is 0 Å². The van der Waals surface area contributed by atoms with Crippen LogP contribution in [0.2, 0.25) is 0 Å². The van der Waals surface area contributed by atoms with Crippen molar-refractivity contribution in [1.82, 2.24) is 4.98 Å². The second-order valence-electron chi connectivity index (χ2n) is 1.82. The summed E-state index contributed by atoms with van der Waals surface area (Å²) in [7, 11) is 0. The number of halogens is 1. The Morgan fingerprint density at radius 1 is 1.56 bits per heavy atom. The lowest BCUT2D eigenvalue weighted by Gasteiger charge is -1.90. The van der Waals surface area contributed by atoms with Crippen LogP contribution in [-0.4, -0.2) is 21.3 Å². The van der Waals surface area contributed by atoms with Crippen molar-refractivity contribution in [3.8, 4) is 0 Å². The number of hydrogen-bond donors (Lipinski definition) is 1. The molecule has 0 radical (unpaired) electrons. The maximum atomic E-state index is 10.8. The van der Waals surface area contributed by atoms with E-state index in [4.69, 9.17) is 0 Å². The fraction of sp³-hybridized carbons (Fsp3) is 0. The van der Waals surface area contributed by atoms with E-state index in [1.54, 1.807) is 0 Å². The molecule has 0 aromatic carbocycles. The van der Waals surface area contributed by atoms with E-state index in [1.165, 1.54) is 0 Å². The Hall–Kier alpha value is 0.212. The van der Waals surface area contributed by atoms with Gasteiger partial charge in [0.05, 0.1) is 3.57 Å². The van der Waals surface area contributed by atoms with Crippen molar-refractivity contribution in [3.63, 3.8) is 0 Å². The maximum Gasteiger partial charge on any atom is 0.286 e. The van der Waals surface area contributed by atoms with Gasteiger partial charge in [-0.15, -0.1) is 0 Å². The van der Waals surface area contributed by atoms with Crippen LogP contribution in [0, 0.1) is 3.57 Å². The van der Waals surface area contributed by atoms with Gasteiger partial charge in [0.15, 0.2) is 0 Å². The Bertz CT molecular complexity index is 270. The Balaban J connectivity index is 3.34. The quantitative estimate of drug-likeness (QED) is 0.475. The first-order valence-corrected chi connectivity index (χ1v) is 4.63. The summed E-state index contributed by atoms with van der Waals surface area (Å²) in [5, 5.41) is 0. The molecular formula is C5H5AlINO. The molecule has 0 fully saturated rings. The summed E-state index contributed by atoms with van der Waals surface area (Å²) >= 11 is 2.92. The Kier molecular flexibility index (Phi) is 2.33.